The van der Waals surface area contributed by atoms with E-state index in [2.05, 4.69) is 20.1 Å². The standard InChI is InChI=1S/C14H20N6O/c1-11(2)20-14(21)7-12-8-18(4-3-13(12)17-20)5-6-19-10-15-9-16-19/h7,9-11H,3-6,8H2,1-2H3. The molecule has 0 unspecified atom stereocenters. The van der Waals surface area contributed by atoms with Crippen molar-refractivity contribution in [3.63, 3.8) is 0 Å². The van der Waals surface area contributed by atoms with Gasteiger partial charge >= 0.3 is 0 Å². The number of fused-ring (bicyclic) bond motifs is 1. The highest BCUT2D eigenvalue weighted by Crippen LogP contribution is 2.15. The van der Waals surface area contributed by atoms with Gasteiger partial charge in [0.2, 0.25) is 0 Å². The van der Waals surface area contributed by atoms with Crippen LogP contribution in [0.25, 0.3) is 0 Å². The van der Waals surface area contributed by atoms with Crippen LogP contribution in [0.4, 0.5) is 0 Å². The van der Waals surface area contributed by atoms with Gasteiger partial charge in [-0.1, -0.05) is 0 Å². The summed E-state index contributed by atoms with van der Waals surface area (Å²) in [6, 6.07) is 1.84. The molecule has 0 bridgehead atoms. The summed E-state index contributed by atoms with van der Waals surface area (Å²) >= 11 is 0. The molecule has 1 aliphatic rings. The highest BCUT2D eigenvalue weighted by atomic mass is 16.1. The van der Waals surface area contributed by atoms with Gasteiger partial charge in [-0.2, -0.15) is 10.2 Å². The molecule has 7 heteroatoms. The van der Waals surface area contributed by atoms with Gasteiger partial charge in [0.05, 0.1) is 18.3 Å². The second kappa shape index (κ2) is 5.77. The van der Waals surface area contributed by atoms with Crippen LogP contribution in [0.2, 0.25) is 0 Å². The zero-order valence-electron chi connectivity index (χ0n) is 12.4. The summed E-state index contributed by atoms with van der Waals surface area (Å²) in [5.74, 6) is 0. The van der Waals surface area contributed by atoms with Gasteiger partial charge in [-0.3, -0.25) is 14.4 Å². The Labute approximate surface area is 123 Å². The maximum absolute atomic E-state index is 12.0. The lowest BCUT2D eigenvalue weighted by Crippen LogP contribution is -2.36. The summed E-state index contributed by atoms with van der Waals surface area (Å²) < 4.78 is 3.40. The third-order valence-electron chi connectivity index (χ3n) is 3.78. The molecule has 2 aromatic heterocycles. The van der Waals surface area contributed by atoms with Crippen LogP contribution in [0.15, 0.2) is 23.5 Å². The average molecular weight is 288 g/mol. The fourth-order valence-corrected chi connectivity index (χ4v) is 2.63. The highest BCUT2D eigenvalue weighted by Gasteiger charge is 2.19. The number of aromatic nitrogens is 5. The number of nitrogens with zero attached hydrogens (tertiary/aromatic N) is 6. The van der Waals surface area contributed by atoms with Gasteiger partial charge in [0, 0.05) is 32.1 Å². The molecule has 0 fully saturated rings. The molecule has 0 atom stereocenters. The van der Waals surface area contributed by atoms with Crippen LogP contribution in [0.3, 0.4) is 0 Å². The van der Waals surface area contributed by atoms with Gasteiger partial charge in [0.15, 0.2) is 0 Å². The Kier molecular flexibility index (Phi) is 3.83. The molecule has 0 saturated heterocycles. The number of hydrogen-bond donors (Lipinski definition) is 0. The first kappa shape index (κ1) is 13.9. The van der Waals surface area contributed by atoms with Crippen LogP contribution >= 0.6 is 0 Å². The van der Waals surface area contributed by atoms with Gasteiger partial charge in [0.25, 0.3) is 5.56 Å². The zero-order valence-corrected chi connectivity index (χ0v) is 12.4. The van der Waals surface area contributed by atoms with Crippen LogP contribution < -0.4 is 5.56 Å². The zero-order chi connectivity index (χ0) is 14.8. The van der Waals surface area contributed by atoms with Crippen molar-refractivity contribution in [2.75, 3.05) is 13.1 Å². The van der Waals surface area contributed by atoms with Crippen LogP contribution in [0.5, 0.6) is 0 Å². The quantitative estimate of drug-likeness (QED) is 0.818. The van der Waals surface area contributed by atoms with Crippen molar-refractivity contribution in [2.24, 2.45) is 0 Å². The topological polar surface area (TPSA) is 68.8 Å². The van der Waals surface area contributed by atoms with E-state index in [0.29, 0.717) is 0 Å². The minimum atomic E-state index is -0.0122. The SMILES string of the molecule is CC(C)n1nc2c(cc1=O)CN(CCn1cncn1)CC2. The third kappa shape index (κ3) is 3.02. The largest absolute Gasteiger partial charge is 0.297 e. The third-order valence-corrected chi connectivity index (χ3v) is 3.78. The molecule has 21 heavy (non-hydrogen) atoms. The van der Waals surface area contributed by atoms with Crippen molar-refractivity contribution in [1.82, 2.24) is 29.4 Å². The summed E-state index contributed by atoms with van der Waals surface area (Å²) in [6.07, 6.45) is 4.16. The Hall–Kier alpha value is -2.02. The maximum atomic E-state index is 12.0. The molecular weight excluding hydrogens is 268 g/mol. The van der Waals surface area contributed by atoms with Crippen molar-refractivity contribution >= 4 is 0 Å². The van der Waals surface area contributed by atoms with Crippen LogP contribution in [-0.4, -0.2) is 42.5 Å². The first-order valence-corrected chi connectivity index (χ1v) is 7.30. The molecule has 3 rings (SSSR count). The Bertz CT molecular complexity index is 661. The first-order valence-electron chi connectivity index (χ1n) is 7.30. The van der Waals surface area contributed by atoms with Crippen LogP contribution in [0.1, 0.15) is 31.1 Å². The Balaban J connectivity index is 1.70. The number of rotatable bonds is 4. The van der Waals surface area contributed by atoms with Gasteiger partial charge < -0.3 is 0 Å². The molecule has 2 aromatic rings. The maximum Gasteiger partial charge on any atom is 0.267 e. The Morgan fingerprint density at radius 2 is 2.19 bits per heavy atom. The normalized spacial score (nSPS) is 15.4. The van der Waals surface area contributed by atoms with Crippen molar-refractivity contribution in [3.05, 3.63) is 40.3 Å². The molecule has 0 saturated carbocycles. The van der Waals surface area contributed by atoms with Gasteiger partial charge in [-0.05, 0) is 19.4 Å². The molecule has 1 aliphatic heterocycles. The van der Waals surface area contributed by atoms with E-state index < -0.39 is 0 Å². The molecule has 0 N–H and O–H groups in total. The van der Waals surface area contributed by atoms with Gasteiger partial charge in [-0.25, -0.2) is 9.67 Å². The molecule has 7 nitrogen and oxygen atoms in total. The summed E-state index contributed by atoms with van der Waals surface area (Å²) in [7, 11) is 0. The molecule has 0 aliphatic carbocycles. The van der Waals surface area contributed by atoms with Gasteiger partial charge in [-0.15, -0.1) is 0 Å². The fourth-order valence-electron chi connectivity index (χ4n) is 2.63. The lowest BCUT2D eigenvalue weighted by Gasteiger charge is -2.28. The van der Waals surface area contributed by atoms with E-state index in [1.165, 1.54) is 0 Å². The van der Waals surface area contributed by atoms with Crippen molar-refractivity contribution in [1.29, 1.82) is 0 Å². The number of hydrogen-bond acceptors (Lipinski definition) is 5. The lowest BCUT2D eigenvalue weighted by atomic mass is 10.1. The molecule has 0 amide bonds. The van der Waals surface area contributed by atoms with E-state index in [4.69, 9.17) is 0 Å². The van der Waals surface area contributed by atoms with E-state index >= 15 is 0 Å². The van der Waals surface area contributed by atoms with Crippen LogP contribution in [0, 0.1) is 0 Å². The smallest absolute Gasteiger partial charge is 0.267 e. The van der Waals surface area contributed by atoms with E-state index in [0.717, 1.165) is 43.9 Å². The van der Waals surface area contributed by atoms with E-state index in [1.54, 1.807) is 23.4 Å². The molecule has 112 valence electrons. The van der Waals surface area contributed by atoms with Crippen molar-refractivity contribution in [3.8, 4) is 0 Å². The first-order chi connectivity index (χ1) is 10.1. The summed E-state index contributed by atoms with van der Waals surface area (Å²) in [4.78, 5) is 18.3. The summed E-state index contributed by atoms with van der Waals surface area (Å²) in [5, 5.41) is 8.61. The Morgan fingerprint density at radius 3 is 2.90 bits per heavy atom. The molecule has 3 heterocycles. The van der Waals surface area contributed by atoms with Gasteiger partial charge in [0.1, 0.15) is 12.7 Å². The second-order valence-corrected chi connectivity index (χ2v) is 5.68. The molecular formula is C14H20N6O. The predicted octanol–water partition coefficient (Wildman–Crippen LogP) is 0.474. The van der Waals surface area contributed by atoms with Crippen molar-refractivity contribution < 1.29 is 0 Å². The van der Waals surface area contributed by atoms with E-state index in [-0.39, 0.29) is 11.6 Å². The lowest BCUT2D eigenvalue weighted by molar-refractivity contribution is 0.235. The molecule has 0 radical (unpaired) electrons. The highest BCUT2D eigenvalue weighted by molar-refractivity contribution is 5.20. The Morgan fingerprint density at radius 1 is 1.33 bits per heavy atom. The molecule has 0 aromatic carbocycles. The molecule has 0 spiro atoms. The summed E-state index contributed by atoms with van der Waals surface area (Å²) in [6.45, 7) is 7.42. The van der Waals surface area contributed by atoms with E-state index in [9.17, 15) is 4.79 Å². The average Bonchev–Trinajstić information content (AvgIpc) is 2.97. The fraction of sp³-hybridized carbons (Fsp3) is 0.571. The van der Waals surface area contributed by atoms with E-state index in [1.807, 2.05) is 18.5 Å². The monoisotopic (exact) mass is 288 g/mol. The minimum Gasteiger partial charge on any atom is -0.297 e. The summed E-state index contributed by atoms with van der Waals surface area (Å²) in [5.41, 5.74) is 2.10. The predicted molar refractivity (Wildman–Crippen MR) is 77.9 cm³/mol. The van der Waals surface area contributed by atoms with Crippen LogP contribution in [-0.2, 0) is 19.5 Å². The minimum absolute atomic E-state index is 0.0122. The van der Waals surface area contributed by atoms with Crippen molar-refractivity contribution in [2.45, 2.75) is 39.4 Å². The second-order valence-electron chi connectivity index (χ2n) is 5.68.